The first kappa shape index (κ1) is 31.8. The molecule has 1 atom stereocenters. The van der Waals surface area contributed by atoms with Gasteiger partial charge in [0, 0.05) is 24.5 Å². The van der Waals surface area contributed by atoms with Crippen LogP contribution in [0.15, 0.2) is 72.8 Å². The molecule has 0 spiro atoms. The Morgan fingerprint density at radius 2 is 1.70 bits per heavy atom. The monoisotopic (exact) mass is 594 g/mol. The predicted octanol–water partition coefficient (Wildman–Crippen LogP) is 9.54. The molecule has 3 aromatic rings. The standard InChI is InChI=1S/C39H50N2O3/c1-29-16-17-32(33-18-21-35(22-19-33)43-28-31-10-6-5-7-11-31)13-9-15-37-36(29)23-20-34(40-37)14-8-12-30-24-26-41(27-25-30)38(42)44-39(2,3)4/h5-7,10-11,17-23,29-30H,8-9,12-16,24-28H2,1-4H3. The molecule has 1 aromatic heterocycles. The number of amides is 1. The quantitative estimate of drug-likeness (QED) is 0.261. The van der Waals surface area contributed by atoms with Gasteiger partial charge in [-0.2, -0.15) is 0 Å². The number of aromatic nitrogens is 1. The van der Waals surface area contributed by atoms with Crippen molar-refractivity contribution in [2.75, 3.05) is 13.1 Å². The Labute approximate surface area is 264 Å². The van der Waals surface area contributed by atoms with Gasteiger partial charge in [0.2, 0.25) is 0 Å². The zero-order chi connectivity index (χ0) is 30.9. The fraction of sp³-hybridized carbons (Fsp3) is 0.487. The number of nitrogens with zero attached hydrogens (tertiary/aromatic N) is 2. The highest BCUT2D eigenvalue weighted by Crippen LogP contribution is 2.32. The first-order valence-electron chi connectivity index (χ1n) is 16.7. The second kappa shape index (κ2) is 14.9. The Bertz CT molecular complexity index is 1380. The molecule has 0 bridgehead atoms. The Balaban J connectivity index is 1.10. The summed E-state index contributed by atoms with van der Waals surface area (Å²) in [5, 5.41) is 0. The van der Waals surface area contributed by atoms with Crippen LogP contribution >= 0.6 is 0 Å². The minimum atomic E-state index is -0.436. The Kier molecular flexibility index (Phi) is 10.8. The predicted molar refractivity (Wildman–Crippen MR) is 179 cm³/mol. The molecule has 234 valence electrons. The van der Waals surface area contributed by atoms with Gasteiger partial charge in [-0.25, -0.2) is 4.79 Å². The van der Waals surface area contributed by atoms with E-state index in [1.165, 1.54) is 40.1 Å². The lowest BCUT2D eigenvalue weighted by molar-refractivity contribution is 0.0180. The maximum absolute atomic E-state index is 12.4. The number of carbonyl (C=O) groups is 1. The molecule has 5 nitrogen and oxygen atoms in total. The number of hydrogen-bond donors (Lipinski definition) is 0. The second-order valence-electron chi connectivity index (χ2n) is 13.7. The summed E-state index contributed by atoms with van der Waals surface area (Å²) in [7, 11) is 0. The van der Waals surface area contributed by atoms with E-state index in [4.69, 9.17) is 14.5 Å². The molecule has 0 saturated carbocycles. The summed E-state index contributed by atoms with van der Waals surface area (Å²) in [5.41, 5.74) is 7.39. The maximum Gasteiger partial charge on any atom is 0.410 e. The summed E-state index contributed by atoms with van der Waals surface area (Å²) in [4.78, 5) is 19.5. The highest BCUT2D eigenvalue weighted by atomic mass is 16.6. The van der Waals surface area contributed by atoms with Crippen LogP contribution in [0.3, 0.4) is 0 Å². The highest BCUT2D eigenvalue weighted by Gasteiger charge is 2.26. The molecule has 5 heteroatoms. The molecule has 0 radical (unpaired) electrons. The van der Waals surface area contributed by atoms with Gasteiger partial charge in [-0.1, -0.05) is 61.5 Å². The topological polar surface area (TPSA) is 51.7 Å². The van der Waals surface area contributed by atoms with Crippen LogP contribution in [0.1, 0.15) is 107 Å². The lowest BCUT2D eigenvalue weighted by Crippen LogP contribution is -2.41. The third-order valence-corrected chi connectivity index (χ3v) is 8.96. The number of hydrogen-bond acceptors (Lipinski definition) is 4. The smallest absolute Gasteiger partial charge is 0.410 e. The van der Waals surface area contributed by atoms with Crippen LogP contribution in [-0.2, 0) is 24.2 Å². The van der Waals surface area contributed by atoms with E-state index >= 15 is 0 Å². The summed E-state index contributed by atoms with van der Waals surface area (Å²) in [6, 6.07) is 23.5. The molecule has 2 heterocycles. The molecule has 1 unspecified atom stereocenters. The third kappa shape index (κ3) is 9.20. The van der Waals surface area contributed by atoms with E-state index in [0.717, 1.165) is 70.2 Å². The van der Waals surface area contributed by atoms with Crippen LogP contribution in [0.25, 0.3) is 5.57 Å². The molecule has 1 saturated heterocycles. The molecule has 2 aromatic carbocycles. The Morgan fingerprint density at radius 3 is 2.43 bits per heavy atom. The molecular weight excluding hydrogens is 544 g/mol. The van der Waals surface area contributed by atoms with E-state index in [1.54, 1.807) is 0 Å². The lowest BCUT2D eigenvalue weighted by atomic mass is 9.91. The molecule has 2 aliphatic rings. The highest BCUT2D eigenvalue weighted by molar-refractivity contribution is 5.68. The summed E-state index contributed by atoms with van der Waals surface area (Å²) in [6.07, 6.45) is 12.0. The van der Waals surface area contributed by atoms with E-state index in [0.29, 0.717) is 18.4 Å². The van der Waals surface area contributed by atoms with Crippen molar-refractivity contribution in [2.24, 2.45) is 5.92 Å². The first-order chi connectivity index (χ1) is 21.2. The summed E-state index contributed by atoms with van der Waals surface area (Å²) < 4.78 is 11.6. The van der Waals surface area contributed by atoms with Gasteiger partial charge in [0.25, 0.3) is 0 Å². The third-order valence-electron chi connectivity index (χ3n) is 8.96. The zero-order valence-corrected chi connectivity index (χ0v) is 27.2. The van der Waals surface area contributed by atoms with Crippen molar-refractivity contribution in [3.8, 4) is 5.75 Å². The number of carbonyl (C=O) groups excluding carboxylic acids is 1. The number of aryl methyl sites for hydroxylation is 2. The molecule has 5 rings (SSSR count). The molecule has 44 heavy (non-hydrogen) atoms. The van der Waals surface area contributed by atoms with Gasteiger partial charge in [-0.05, 0) is 131 Å². The van der Waals surface area contributed by atoms with Crippen LogP contribution in [0.2, 0.25) is 0 Å². The van der Waals surface area contributed by atoms with Gasteiger partial charge >= 0.3 is 6.09 Å². The maximum atomic E-state index is 12.4. The van der Waals surface area contributed by atoms with Gasteiger partial charge in [-0.15, -0.1) is 0 Å². The van der Waals surface area contributed by atoms with Crippen molar-refractivity contribution in [3.05, 3.63) is 101 Å². The van der Waals surface area contributed by atoms with E-state index in [-0.39, 0.29) is 6.09 Å². The van der Waals surface area contributed by atoms with Crippen molar-refractivity contribution in [2.45, 2.75) is 104 Å². The van der Waals surface area contributed by atoms with Crippen LogP contribution < -0.4 is 4.74 Å². The van der Waals surface area contributed by atoms with Crippen LogP contribution in [-0.4, -0.2) is 34.7 Å². The Morgan fingerprint density at radius 1 is 0.955 bits per heavy atom. The van der Waals surface area contributed by atoms with Gasteiger partial charge < -0.3 is 14.4 Å². The van der Waals surface area contributed by atoms with Gasteiger partial charge in [0.05, 0.1) is 0 Å². The van der Waals surface area contributed by atoms with E-state index in [2.05, 4.69) is 61.5 Å². The van der Waals surface area contributed by atoms with Gasteiger partial charge in [0.1, 0.15) is 18.0 Å². The van der Waals surface area contributed by atoms with Crippen LogP contribution in [0, 0.1) is 5.92 Å². The minimum absolute atomic E-state index is 0.171. The van der Waals surface area contributed by atoms with E-state index in [9.17, 15) is 4.79 Å². The van der Waals surface area contributed by atoms with Crippen molar-refractivity contribution in [1.29, 1.82) is 0 Å². The normalized spacial score (nSPS) is 18.0. The Hall–Kier alpha value is -3.60. The van der Waals surface area contributed by atoms with Gasteiger partial charge in [-0.3, -0.25) is 4.98 Å². The van der Waals surface area contributed by atoms with Crippen molar-refractivity contribution in [3.63, 3.8) is 0 Å². The first-order valence-corrected chi connectivity index (χ1v) is 16.7. The number of ether oxygens (including phenoxy) is 2. The van der Waals surface area contributed by atoms with E-state index < -0.39 is 5.60 Å². The van der Waals surface area contributed by atoms with Crippen LogP contribution in [0.4, 0.5) is 4.79 Å². The summed E-state index contributed by atoms with van der Waals surface area (Å²) in [6.45, 7) is 10.3. The summed E-state index contributed by atoms with van der Waals surface area (Å²) in [5.74, 6) is 2.03. The van der Waals surface area contributed by atoms with Crippen LogP contribution in [0.5, 0.6) is 5.75 Å². The number of piperidine rings is 1. The number of allylic oxidation sites excluding steroid dienone is 2. The number of benzene rings is 2. The molecule has 1 amide bonds. The van der Waals surface area contributed by atoms with Gasteiger partial charge in [0.15, 0.2) is 0 Å². The summed E-state index contributed by atoms with van der Waals surface area (Å²) >= 11 is 0. The zero-order valence-electron chi connectivity index (χ0n) is 27.2. The average Bonchev–Trinajstić information content (AvgIpc) is 3.09. The number of rotatable bonds is 8. The molecule has 1 aliphatic heterocycles. The SMILES string of the molecule is CC1CC=C(c2ccc(OCc3ccccc3)cc2)CCCc2nc(CCCC3CCN(C(=O)OC(C)(C)C)CC3)ccc21. The number of likely N-dealkylation sites (tertiary alicyclic amines) is 1. The second-order valence-corrected chi connectivity index (χ2v) is 13.7. The average molecular weight is 595 g/mol. The van der Waals surface area contributed by atoms with Crippen molar-refractivity contribution < 1.29 is 14.3 Å². The fourth-order valence-electron chi connectivity index (χ4n) is 6.41. The largest absolute Gasteiger partial charge is 0.489 e. The number of fused-ring (bicyclic) bond motifs is 1. The minimum Gasteiger partial charge on any atom is -0.489 e. The number of pyridine rings is 1. The van der Waals surface area contributed by atoms with E-state index in [1.807, 2.05) is 43.9 Å². The van der Waals surface area contributed by atoms with Crippen molar-refractivity contribution >= 4 is 11.7 Å². The molecule has 1 aliphatic carbocycles. The molecule has 1 fully saturated rings. The molecule has 0 N–H and O–H groups in total. The fourth-order valence-corrected chi connectivity index (χ4v) is 6.41. The lowest BCUT2D eigenvalue weighted by Gasteiger charge is -2.33. The van der Waals surface area contributed by atoms with Crippen molar-refractivity contribution in [1.82, 2.24) is 9.88 Å². The molecular formula is C39H50N2O3.